The molecular weight excluding hydrogens is 509 g/mol. The average molecular weight is 542 g/mol. The Balaban J connectivity index is 1.48. The molecule has 2 aromatic heterocycles. The molecule has 1 amide bonds. The fraction of sp³-hybridized carbons (Fsp3) is 0.444. The number of rotatable bonds is 8. The Kier molecular flexibility index (Phi) is 7.13. The van der Waals surface area contributed by atoms with Crippen LogP contribution in [0.5, 0.6) is 5.75 Å². The summed E-state index contributed by atoms with van der Waals surface area (Å²) < 4.78 is 47.7. The molecular formula is C27H32FN5O4S. The molecule has 1 saturated carbocycles. The molecule has 2 fully saturated rings. The number of carbonyl (C=O) groups excluding carboxylic acids is 1. The van der Waals surface area contributed by atoms with Crippen LogP contribution < -0.4 is 14.4 Å². The SMILES string of the molecule is CC(C)COc1cc(F)cc(-c2ccc(C(=O)NS(=O)(=O)c3ccn[nH]3)c(N3CCC4(CCC4)CC3)n2)c1. The Labute approximate surface area is 221 Å². The summed E-state index contributed by atoms with van der Waals surface area (Å²) >= 11 is 0. The van der Waals surface area contributed by atoms with Gasteiger partial charge in [0.15, 0.2) is 5.03 Å². The van der Waals surface area contributed by atoms with Crippen molar-refractivity contribution in [2.75, 3.05) is 24.6 Å². The lowest BCUT2D eigenvalue weighted by molar-refractivity contribution is 0.0946. The van der Waals surface area contributed by atoms with Gasteiger partial charge >= 0.3 is 0 Å². The van der Waals surface area contributed by atoms with Gasteiger partial charge in [-0.3, -0.25) is 9.89 Å². The van der Waals surface area contributed by atoms with Gasteiger partial charge in [0.1, 0.15) is 17.4 Å². The van der Waals surface area contributed by atoms with Gasteiger partial charge in [-0.25, -0.2) is 14.1 Å². The fourth-order valence-corrected chi connectivity index (χ4v) is 5.96. The first-order valence-corrected chi connectivity index (χ1v) is 14.4. The van der Waals surface area contributed by atoms with Gasteiger partial charge in [0.2, 0.25) is 0 Å². The van der Waals surface area contributed by atoms with E-state index in [1.165, 1.54) is 43.7 Å². The number of halogens is 1. The number of H-pyrrole nitrogens is 1. The number of aromatic amines is 1. The Morgan fingerprint density at radius 1 is 1.16 bits per heavy atom. The highest BCUT2D eigenvalue weighted by Crippen LogP contribution is 2.49. The molecule has 0 atom stereocenters. The van der Waals surface area contributed by atoms with E-state index in [-0.39, 0.29) is 16.5 Å². The zero-order chi connectivity index (χ0) is 26.9. The van der Waals surface area contributed by atoms with Crippen molar-refractivity contribution in [2.45, 2.75) is 51.0 Å². The molecule has 2 N–H and O–H groups in total. The van der Waals surface area contributed by atoms with E-state index in [0.29, 0.717) is 47.9 Å². The fourth-order valence-electron chi connectivity index (χ4n) is 5.08. The van der Waals surface area contributed by atoms with E-state index in [0.717, 1.165) is 12.8 Å². The van der Waals surface area contributed by atoms with Gasteiger partial charge in [-0.1, -0.05) is 20.3 Å². The van der Waals surface area contributed by atoms with E-state index >= 15 is 0 Å². The monoisotopic (exact) mass is 541 g/mol. The van der Waals surface area contributed by atoms with Crippen molar-refractivity contribution < 1.29 is 22.3 Å². The number of benzene rings is 1. The van der Waals surface area contributed by atoms with E-state index in [1.54, 1.807) is 18.2 Å². The van der Waals surface area contributed by atoms with Gasteiger partial charge in [0.05, 0.1) is 24.1 Å². The topological polar surface area (TPSA) is 117 Å². The van der Waals surface area contributed by atoms with Gasteiger partial charge < -0.3 is 9.64 Å². The van der Waals surface area contributed by atoms with Crippen molar-refractivity contribution in [3.8, 4) is 17.0 Å². The van der Waals surface area contributed by atoms with E-state index in [2.05, 4.69) is 14.9 Å². The van der Waals surface area contributed by atoms with Crippen molar-refractivity contribution in [2.24, 2.45) is 11.3 Å². The van der Waals surface area contributed by atoms with Gasteiger partial charge in [-0.05, 0) is 67.3 Å². The van der Waals surface area contributed by atoms with Crippen molar-refractivity contribution in [3.63, 3.8) is 0 Å². The number of piperidine rings is 1. The second-order valence-electron chi connectivity index (χ2n) is 10.6. The number of ether oxygens (including phenoxy) is 1. The minimum atomic E-state index is -4.14. The second-order valence-corrected chi connectivity index (χ2v) is 12.3. The zero-order valence-corrected chi connectivity index (χ0v) is 22.4. The van der Waals surface area contributed by atoms with Gasteiger partial charge in [0, 0.05) is 24.7 Å². The number of hydrogen-bond donors (Lipinski definition) is 2. The van der Waals surface area contributed by atoms with Gasteiger partial charge in [0.25, 0.3) is 15.9 Å². The predicted octanol–water partition coefficient (Wildman–Crippen LogP) is 4.53. The molecule has 11 heteroatoms. The summed E-state index contributed by atoms with van der Waals surface area (Å²) in [5, 5.41) is 5.81. The van der Waals surface area contributed by atoms with E-state index < -0.39 is 21.7 Å². The molecule has 1 saturated heterocycles. The van der Waals surface area contributed by atoms with Crippen LogP contribution in [-0.2, 0) is 10.0 Å². The summed E-state index contributed by atoms with van der Waals surface area (Å²) in [7, 11) is -4.14. The maximum absolute atomic E-state index is 14.5. The minimum absolute atomic E-state index is 0.133. The molecule has 0 bridgehead atoms. The highest BCUT2D eigenvalue weighted by Gasteiger charge is 2.40. The largest absolute Gasteiger partial charge is 0.493 e. The van der Waals surface area contributed by atoms with Crippen LogP contribution in [0.2, 0.25) is 0 Å². The van der Waals surface area contributed by atoms with Crippen LogP contribution in [-0.4, -0.2) is 49.2 Å². The molecule has 1 aromatic carbocycles. The number of nitrogens with one attached hydrogen (secondary N) is 2. The molecule has 38 heavy (non-hydrogen) atoms. The number of hydrogen-bond acceptors (Lipinski definition) is 7. The van der Waals surface area contributed by atoms with E-state index in [1.807, 2.05) is 18.7 Å². The third kappa shape index (κ3) is 5.52. The molecule has 9 nitrogen and oxygen atoms in total. The number of carbonyl (C=O) groups is 1. The van der Waals surface area contributed by atoms with Crippen LogP contribution in [0.15, 0.2) is 47.6 Å². The summed E-state index contributed by atoms with van der Waals surface area (Å²) in [6, 6.07) is 8.83. The highest BCUT2D eigenvalue weighted by atomic mass is 32.2. The molecule has 2 aliphatic rings. The number of anilines is 1. The molecule has 5 rings (SSSR count). The standard InChI is InChI=1S/C27H32FN5O4S/c1-18(2)17-37-21-15-19(14-20(28)16-21)23-5-4-22(26(34)32-38(35,36)24-6-11-29-31-24)25(30-23)33-12-9-27(10-13-33)7-3-8-27/h4-6,11,14-16,18H,3,7-10,12-13,17H2,1-2H3,(H,29,31)(H,32,34). The Hall–Kier alpha value is -3.47. The third-order valence-electron chi connectivity index (χ3n) is 7.40. The molecule has 3 heterocycles. The summed E-state index contributed by atoms with van der Waals surface area (Å²) in [4.78, 5) is 20.1. The first-order valence-electron chi connectivity index (χ1n) is 12.9. The Morgan fingerprint density at radius 2 is 1.92 bits per heavy atom. The second kappa shape index (κ2) is 10.4. The maximum Gasteiger partial charge on any atom is 0.281 e. The smallest absolute Gasteiger partial charge is 0.281 e. The third-order valence-corrected chi connectivity index (χ3v) is 8.66. The van der Waals surface area contributed by atoms with Crippen molar-refractivity contribution in [1.29, 1.82) is 0 Å². The number of pyridine rings is 1. The van der Waals surface area contributed by atoms with Gasteiger partial charge in [-0.15, -0.1) is 0 Å². The number of amides is 1. The molecule has 0 radical (unpaired) electrons. The highest BCUT2D eigenvalue weighted by molar-refractivity contribution is 7.90. The van der Waals surface area contributed by atoms with E-state index in [4.69, 9.17) is 9.72 Å². The summed E-state index contributed by atoms with van der Waals surface area (Å²) in [5.74, 6) is -0.197. The lowest BCUT2D eigenvalue weighted by atomic mass is 9.63. The number of nitrogens with zero attached hydrogens (tertiary/aromatic N) is 3. The number of sulfonamides is 1. The summed E-state index contributed by atoms with van der Waals surface area (Å²) in [6.45, 7) is 5.88. The first-order chi connectivity index (χ1) is 18.1. The predicted molar refractivity (Wildman–Crippen MR) is 141 cm³/mol. The summed E-state index contributed by atoms with van der Waals surface area (Å²) in [5.41, 5.74) is 1.47. The van der Waals surface area contributed by atoms with Crippen molar-refractivity contribution in [1.82, 2.24) is 19.9 Å². The first kappa shape index (κ1) is 26.1. The quantitative estimate of drug-likeness (QED) is 0.430. The molecule has 1 aliphatic heterocycles. The molecule has 1 aliphatic carbocycles. The average Bonchev–Trinajstić information content (AvgIpc) is 3.42. The van der Waals surface area contributed by atoms with E-state index in [9.17, 15) is 17.6 Å². The van der Waals surface area contributed by atoms with Crippen LogP contribution in [0.1, 0.15) is 56.3 Å². The van der Waals surface area contributed by atoms with Crippen LogP contribution in [0.3, 0.4) is 0 Å². The van der Waals surface area contributed by atoms with Crippen molar-refractivity contribution >= 4 is 21.7 Å². The number of aromatic nitrogens is 3. The van der Waals surface area contributed by atoms with Gasteiger partial charge in [-0.2, -0.15) is 13.5 Å². The van der Waals surface area contributed by atoms with Crippen LogP contribution in [0, 0.1) is 17.2 Å². The van der Waals surface area contributed by atoms with Crippen LogP contribution in [0.4, 0.5) is 10.2 Å². The molecule has 202 valence electrons. The minimum Gasteiger partial charge on any atom is -0.493 e. The zero-order valence-electron chi connectivity index (χ0n) is 21.5. The Bertz CT molecular complexity index is 1410. The molecule has 0 unspecified atom stereocenters. The molecule has 3 aromatic rings. The lowest BCUT2D eigenvalue weighted by Crippen LogP contribution is -2.44. The van der Waals surface area contributed by atoms with Crippen LogP contribution >= 0.6 is 0 Å². The van der Waals surface area contributed by atoms with Crippen molar-refractivity contribution in [3.05, 3.63) is 54.0 Å². The molecule has 1 spiro atoms. The van der Waals surface area contributed by atoms with Crippen LogP contribution in [0.25, 0.3) is 11.3 Å². The Morgan fingerprint density at radius 3 is 2.55 bits per heavy atom. The maximum atomic E-state index is 14.5. The normalized spacial score (nSPS) is 16.9. The summed E-state index contributed by atoms with van der Waals surface area (Å²) in [6.07, 6.45) is 6.94. The lowest BCUT2D eigenvalue weighted by Gasteiger charge is -2.48.